The predicted octanol–water partition coefficient (Wildman–Crippen LogP) is 3.48. The fourth-order valence-corrected chi connectivity index (χ4v) is 3.86. The smallest absolute Gasteiger partial charge is 0.325 e. The van der Waals surface area contributed by atoms with E-state index in [4.69, 9.17) is 18.9 Å². The Bertz CT molecular complexity index is 900. The Morgan fingerprint density at radius 1 is 1.11 bits per heavy atom. The molecule has 2 aliphatic rings. The first-order valence-corrected chi connectivity index (χ1v) is 8.69. The second-order valence-corrected chi connectivity index (χ2v) is 6.74. The van der Waals surface area contributed by atoms with Crippen LogP contribution in [-0.4, -0.2) is 33.1 Å². The monoisotopic (exact) mass is 370 g/mol. The molecular formula is C20H22N2O5. The van der Waals surface area contributed by atoms with E-state index in [1.807, 2.05) is 25.1 Å². The van der Waals surface area contributed by atoms with Crippen LogP contribution in [0, 0.1) is 0 Å². The predicted molar refractivity (Wildman–Crippen MR) is 99.9 cm³/mol. The number of para-hydroxylation sites is 1. The van der Waals surface area contributed by atoms with Crippen LogP contribution in [0.1, 0.15) is 24.9 Å². The third-order valence-corrected chi connectivity index (χ3v) is 5.11. The number of urea groups is 1. The molecule has 7 heteroatoms. The zero-order chi connectivity index (χ0) is 19.2. The molecule has 1 N–H and O–H groups in total. The fourth-order valence-electron chi connectivity index (χ4n) is 3.86. The van der Waals surface area contributed by atoms with Crippen molar-refractivity contribution in [3.05, 3.63) is 42.0 Å². The summed E-state index contributed by atoms with van der Waals surface area (Å²) in [6, 6.07) is 10.6. The molecule has 0 aromatic heterocycles. The summed E-state index contributed by atoms with van der Waals surface area (Å²) in [7, 11) is 4.75. The van der Waals surface area contributed by atoms with Gasteiger partial charge < -0.3 is 24.3 Å². The lowest BCUT2D eigenvalue weighted by Gasteiger charge is -2.50. The van der Waals surface area contributed by atoms with Gasteiger partial charge in [-0.2, -0.15) is 0 Å². The van der Waals surface area contributed by atoms with Crippen molar-refractivity contribution in [2.24, 2.45) is 0 Å². The minimum atomic E-state index is -0.892. The van der Waals surface area contributed by atoms with Gasteiger partial charge in [-0.15, -0.1) is 0 Å². The van der Waals surface area contributed by atoms with Crippen LogP contribution < -0.4 is 29.2 Å². The zero-order valence-corrected chi connectivity index (χ0v) is 15.7. The van der Waals surface area contributed by atoms with Gasteiger partial charge in [0.15, 0.2) is 17.2 Å². The highest BCUT2D eigenvalue weighted by Crippen LogP contribution is 2.50. The summed E-state index contributed by atoms with van der Waals surface area (Å²) >= 11 is 0. The molecule has 142 valence electrons. The Morgan fingerprint density at radius 2 is 1.89 bits per heavy atom. The Labute approximate surface area is 157 Å². The molecule has 7 nitrogen and oxygen atoms in total. The lowest BCUT2D eigenvalue weighted by Crippen LogP contribution is -2.65. The van der Waals surface area contributed by atoms with Gasteiger partial charge in [-0.3, -0.25) is 4.90 Å². The number of nitrogens with zero attached hydrogens (tertiary/aromatic N) is 1. The quantitative estimate of drug-likeness (QED) is 0.892. The maximum atomic E-state index is 13.0. The second-order valence-electron chi connectivity index (χ2n) is 6.74. The number of amides is 2. The largest absolute Gasteiger partial charge is 0.497 e. The van der Waals surface area contributed by atoms with E-state index >= 15 is 0 Å². The van der Waals surface area contributed by atoms with Gasteiger partial charge in [-0.1, -0.05) is 12.1 Å². The van der Waals surface area contributed by atoms with Crippen LogP contribution in [0.4, 0.5) is 10.5 Å². The van der Waals surface area contributed by atoms with Crippen LogP contribution in [0.5, 0.6) is 23.0 Å². The molecule has 4 rings (SSSR count). The van der Waals surface area contributed by atoms with Gasteiger partial charge in [0.25, 0.3) is 0 Å². The summed E-state index contributed by atoms with van der Waals surface area (Å²) in [5.41, 5.74) is 0.632. The number of fused-ring (bicyclic) bond motifs is 4. The van der Waals surface area contributed by atoms with Crippen molar-refractivity contribution in [3.63, 3.8) is 0 Å². The molecule has 1 saturated heterocycles. The maximum Gasteiger partial charge on any atom is 0.325 e. The van der Waals surface area contributed by atoms with Crippen molar-refractivity contribution >= 4 is 11.7 Å². The third-order valence-electron chi connectivity index (χ3n) is 5.11. The number of carbonyl (C=O) groups excluding carboxylic acids is 1. The van der Waals surface area contributed by atoms with Crippen molar-refractivity contribution in [2.45, 2.75) is 25.1 Å². The van der Waals surface area contributed by atoms with E-state index in [0.717, 1.165) is 5.56 Å². The highest BCUT2D eigenvalue weighted by atomic mass is 16.5. The molecule has 1 fully saturated rings. The van der Waals surface area contributed by atoms with Crippen LogP contribution in [0.3, 0.4) is 0 Å². The maximum absolute atomic E-state index is 13.0. The molecule has 0 radical (unpaired) electrons. The van der Waals surface area contributed by atoms with E-state index in [-0.39, 0.29) is 12.1 Å². The number of methoxy groups -OCH3 is 3. The van der Waals surface area contributed by atoms with E-state index in [2.05, 4.69) is 5.32 Å². The van der Waals surface area contributed by atoms with Crippen LogP contribution in [0.25, 0.3) is 0 Å². The standard InChI is InChI=1S/C20H22N2O5/c1-20-11-14(13-6-5-7-16(25-3)18(13)27-20)21-19(23)22(20)15-9-8-12(24-2)10-17(15)26-4/h5-10,14H,11H2,1-4H3,(H,21,23)/t14-,20-/m0/s1. The van der Waals surface area contributed by atoms with E-state index < -0.39 is 5.72 Å². The molecule has 2 atom stereocenters. The zero-order valence-electron chi connectivity index (χ0n) is 15.7. The Hall–Kier alpha value is -3.09. The molecule has 0 saturated carbocycles. The normalized spacial score (nSPS) is 23.0. The topological polar surface area (TPSA) is 69.3 Å². The summed E-state index contributed by atoms with van der Waals surface area (Å²) in [6.07, 6.45) is 0.591. The summed E-state index contributed by atoms with van der Waals surface area (Å²) in [5.74, 6) is 2.46. The summed E-state index contributed by atoms with van der Waals surface area (Å²) in [5, 5.41) is 3.07. The molecular weight excluding hydrogens is 348 g/mol. The average molecular weight is 370 g/mol. The van der Waals surface area contributed by atoms with Gasteiger partial charge in [0.2, 0.25) is 0 Å². The number of nitrogens with one attached hydrogen (secondary N) is 1. The van der Waals surface area contributed by atoms with E-state index in [9.17, 15) is 4.79 Å². The number of ether oxygens (including phenoxy) is 4. The average Bonchev–Trinajstić information content (AvgIpc) is 2.67. The van der Waals surface area contributed by atoms with Crippen molar-refractivity contribution in [2.75, 3.05) is 26.2 Å². The van der Waals surface area contributed by atoms with Gasteiger partial charge >= 0.3 is 6.03 Å². The van der Waals surface area contributed by atoms with E-state index in [1.54, 1.807) is 44.4 Å². The number of anilines is 1. The molecule has 2 aromatic carbocycles. The van der Waals surface area contributed by atoms with Gasteiger partial charge in [-0.25, -0.2) is 4.79 Å². The number of benzene rings is 2. The number of rotatable bonds is 4. The first kappa shape index (κ1) is 17.3. The number of carbonyl (C=O) groups is 1. The second kappa shape index (κ2) is 6.26. The van der Waals surface area contributed by atoms with Crippen molar-refractivity contribution in [1.29, 1.82) is 0 Å². The van der Waals surface area contributed by atoms with Gasteiger partial charge in [0.1, 0.15) is 11.5 Å². The number of hydrogen-bond acceptors (Lipinski definition) is 5. The van der Waals surface area contributed by atoms with Crippen LogP contribution in [0.2, 0.25) is 0 Å². The van der Waals surface area contributed by atoms with Crippen molar-refractivity contribution in [1.82, 2.24) is 5.32 Å². The van der Waals surface area contributed by atoms with Crippen LogP contribution in [-0.2, 0) is 0 Å². The molecule has 2 aromatic rings. The third kappa shape index (κ3) is 2.61. The molecule has 2 heterocycles. The minimum absolute atomic E-state index is 0.151. The lowest BCUT2D eigenvalue weighted by atomic mass is 9.90. The van der Waals surface area contributed by atoms with Crippen LogP contribution in [0.15, 0.2) is 36.4 Å². The highest BCUT2D eigenvalue weighted by Gasteiger charge is 2.51. The Morgan fingerprint density at radius 3 is 2.59 bits per heavy atom. The van der Waals surface area contributed by atoms with Crippen molar-refractivity contribution in [3.8, 4) is 23.0 Å². The van der Waals surface area contributed by atoms with Gasteiger partial charge in [0.05, 0.1) is 33.1 Å². The number of hydrogen-bond donors (Lipinski definition) is 1. The molecule has 2 aliphatic heterocycles. The Kier molecular flexibility index (Phi) is 4.02. The van der Waals surface area contributed by atoms with Gasteiger partial charge in [0, 0.05) is 18.1 Å². The molecule has 0 spiro atoms. The van der Waals surface area contributed by atoms with Crippen LogP contribution >= 0.6 is 0 Å². The summed E-state index contributed by atoms with van der Waals surface area (Å²) < 4.78 is 22.6. The summed E-state index contributed by atoms with van der Waals surface area (Å²) in [6.45, 7) is 1.90. The molecule has 0 aliphatic carbocycles. The lowest BCUT2D eigenvalue weighted by molar-refractivity contribution is 0.0346. The SMILES string of the molecule is COc1ccc(N2C(=O)N[C@H]3C[C@]2(C)Oc2c(OC)cccc23)c(OC)c1. The minimum Gasteiger partial charge on any atom is -0.497 e. The first-order valence-electron chi connectivity index (χ1n) is 8.69. The van der Waals surface area contributed by atoms with E-state index in [1.165, 1.54) is 0 Å². The molecule has 27 heavy (non-hydrogen) atoms. The fraction of sp³-hybridized carbons (Fsp3) is 0.350. The molecule has 2 amide bonds. The Balaban J connectivity index is 1.82. The molecule has 2 bridgehead atoms. The summed E-state index contributed by atoms with van der Waals surface area (Å²) in [4.78, 5) is 14.6. The van der Waals surface area contributed by atoms with E-state index in [0.29, 0.717) is 35.1 Å². The molecule has 0 unspecified atom stereocenters. The van der Waals surface area contributed by atoms with Gasteiger partial charge in [-0.05, 0) is 25.1 Å². The highest BCUT2D eigenvalue weighted by molar-refractivity contribution is 5.96. The first-order chi connectivity index (χ1) is 13.0. The van der Waals surface area contributed by atoms with Crippen molar-refractivity contribution < 1.29 is 23.7 Å².